The van der Waals surface area contributed by atoms with Crippen molar-refractivity contribution in [1.29, 1.82) is 0 Å². The van der Waals surface area contributed by atoms with Crippen molar-refractivity contribution in [2.45, 2.75) is 44.1 Å². The van der Waals surface area contributed by atoms with E-state index >= 15 is 0 Å². The fraction of sp³-hybridized carbons (Fsp3) is 0.550. The first-order valence-electron chi connectivity index (χ1n) is 10.7. The number of nitrogens with one attached hydrogen (secondary N) is 1. The first-order chi connectivity index (χ1) is 15.2. The summed E-state index contributed by atoms with van der Waals surface area (Å²) in [4.78, 5) is 37.0. The Bertz CT molecular complexity index is 964. The lowest BCUT2D eigenvalue weighted by atomic mass is 9.56. The minimum absolute atomic E-state index is 0.0569. The number of quaternary nitrogens is 1. The number of nitrogens with zero attached hydrogens (tertiary/aromatic N) is 1. The highest BCUT2D eigenvalue weighted by molar-refractivity contribution is 6.61. The van der Waals surface area contributed by atoms with Crippen LogP contribution in [0.25, 0.3) is 0 Å². The number of ether oxygens (including phenoxy) is 1. The molecule has 2 aliphatic heterocycles. The number of rotatable bonds is 8. The number of carboxylic acids is 1. The van der Waals surface area contributed by atoms with E-state index in [0.29, 0.717) is 18.7 Å². The van der Waals surface area contributed by atoms with Crippen molar-refractivity contribution in [3.63, 3.8) is 0 Å². The lowest BCUT2D eigenvalue weighted by molar-refractivity contribution is -0.304. The molecule has 2 amide bonds. The number of likely N-dealkylation sites (tertiary alicyclic amines) is 1. The van der Waals surface area contributed by atoms with Gasteiger partial charge in [0.25, 0.3) is 0 Å². The van der Waals surface area contributed by atoms with Crippen molar-refractivity contribution in [3.05, 3.63) is 23.3 Å². The Balaban J connectivity index is 1.68. The van der Waals surface area contributed by atoms with Crippen molar-refractivity contribution in [2.75, 3.05) is 26.2 Å². The second-order valence-corrected chi connectivity index (χ2v) is 9.26. The third kappa shape index (κ3) is 5.12. The van der Waals surface area contributed by atoms with Crippen molar-refractivity contribution < 1.29 is 44.7 Å². The van der Waals surface area contributed by atoms with Crippen LogP contribution in [0.15, 0.2) is 12.1 Å². The Morgan fingerprint density at radius 3 is 2.55 bits per heavy atom. The molecule has 1 aromatic rings. The van der Waals surface area contributed by atoms with Gasteiger partial charge in [-0.05, 0) is 24.5 Å². The normalized spacial score (nSPS) is 24.0. The molecule has 1 aromatic carbocycles. The number of amides is 2. The number of benzene rings is 1. The fourth-order valence-corrected chi connectivity index (χ4v) is 4.13. The molecule has 2 aliphatic rings. The molecule has 12 nitrogen and oxygen atoms in total. The van der Waals surface area contributed by atoms with Gasteiger partial charge < -0.3 is 35.6 Å². The summed E-state index contributed by atoms with van der Waals surface area (Å²) in [7, 11) is 0. The van der Waals surface area contributed by atoms with E-state index in [1.54, 1.807) is 32.9 Å². The molecular weight excluding hydrogens is 435 g/mol. The van der Waals surface area contributed by atoms with Crippen LogP contribution < -0.4 is 26.2 Å². The second-order valence-electron chi connectivity index (χ2n) is 9.26. The number of carbonyl (C=O) groups excluding carboxylic acids is 2. The van der Waals surface area contributed by atoms with E-state index in [1.165, 1.54) is 0 Å². The Hall–Kier alpha value is -2.71. The Labute approximate surface area is 190 Å². The number of fused-ring (bicyclic) bond motifs is 1. The molecule has 182 valence electrons. The van der Waals surface area contributed by atoms with Crippen LogP contribution in [0.2, 0.25) is 5.82 Å². The second kappa shape index (κ2) is 8.91. The topological polar surface area (TPSA) is 199 Å². The summed E-state index contributed by atoms with van der Waals surface area (Å²) in [5.41, 5.74) is 8.33. The molecule has 33 heavy (non-hydrogen) atoms. The number of carboxylic acid groups (broad SMARTS) is 1. The van der Waals surface area contributed by atoms with Crippen LogP contribution in [0, 0.1) is 0 Å². The van der Waals surface area contributed by atoms with E-state index in [4.69, 9.17) is 15.1 Å². The largest absolute Gasteiger partial charge is 0.669 e. The SMILES string of the molecule is C[C@@H]1c2ccc(OC3CN(CC(C)(N)C(=O)NCC([NH3+])=O)C3)c(C(=O)O)c2O[B-](O)(O)[C@@H]1C. The zero-order valence-corrected chi connectivity index (χ0v) is 18.9. The minimum Gasteiger partial charge on any atom is -0.669 e. The van der Waals surface area contributed by atoms with Crippen LogP contribution >= 0.6 is 0 Å². The summed E-state index contributed by atoms with van der Waals surface area (Å²) in [5.74, 6) is -3.20. The molecular formula is C20H31BN4O8. The van der Waals surface area contributed by atoms with Crippen molar-refractivity contribution in [3.8, 4) is 11.5 Å². The highest BCUT2D eigenvalue weighted by Gasteiger charge is 2.43. The highest BCUT2D eigenvalue weighted by atomic mass is 16.6. The van der Waals surface area contributed by atoms with Gasteiger partial charge in [-0.15, -0.1) is 0 Å². The molecule has 0 aliphatic carbocycles. The molecule has 0 radical (unpaired) electrons. The van der Waals surface area contributed by atoms with E-state index in [2.05, 4.69) is 11.1 Å². The van der Waals surface area contributed by atoms with Gasteiger partial charge >= 0.3 is 18.6 Å². The van der Waals surface area contributed by atoms with Gasteiger partial charge in [-0.3, -0.25) is 15.4 Å². The minimum atomic E-state index is -3.23. The molecule has 1 saturated heterocycles. The van der Waals surface area contributed by atoms with E-state index in [9.17, 15) is 29.5 Å². The predicted octanol–water partition coefficient (Wildman–Crippen LogP) is -2.14. The van der Waals surface area contributed by atoms with Gasteiger partial charge in [0.2, 0.25) is 5.91 Å². The zero-order valence-electron chi connectivity index (χ0n) is 18.9. The molecule has 0 aromatic heterocycles. The highest BCUT2D eigenvalue weighted by Crippen LogP contribution is 2.48. The van der Waals surface area contributed by atoms with Gasteiger partial charge in [0.05, 0.1) is 5.75 Å². The van der Waals surface area contributed by atoms with Crippen LogP contribution in [0.4, 0.5) is 0 Å². The van der Waals surface area contributed by atoms with Crippen molar-refractivity contribution in [1.82, 2.24) is 10.2 Å². The average Bonchev–Trinajstić information content (AvgIpc) is 2.67. The van der Waals surface area contributed by atoms with E-state index in [0.717, 1.165) is 0 Å². The summed E-state index contributed by atoms with van der Waals surface area (Å²) in [5, 5.41) is 32.7. The maximum Gasteiger partial charge on any atom is 0.433 e. The molecule has 2 heterocycles. The van der Waals surface area contributed by atoms with Crippen molar-refractivity contribution >= 4 is 24.5 Å². The van der Waals surface area contributed by atoms with Gasteiger partial charge in [0.15, 0.2) is 0 Å². The number of nitrogens with two attached hydrogens (primary N) is 1. The maximum atomic E-state index is 12.2. The molecule has 3 atom stereocenters. The molecule has 1 fully saturated rings. The molecule has 3 rings (SSSR count). The van der Waals surface area contributed by atoms with Crippen LogP contribution in [-0.2, 0) is 9.59 Å². The maximum absolute atomic E-state index is 12.2. The van der Waals surface area contributed by atoms with E-state index in [1.807, 2.05) is 4.90 Å². The van der Waals surface area contributed by atoms with Crippen LogP contribution in [0.5, 0.6) is 11.5 Å². The monoisotopic (exact) mass is 466 g/mol. The number of hydrogen-bond donors (Lipinski definition) is 6. The molecule has 0 spiro atoms. The zero-order chi connectivity index (χ0) is 24.7. The Kier molecular flexibility index (Phi) is 6.73. The summed E-state index contributed by atoms with van der Waals surface area (Å²) < 4.78 is 11.2. The molecule has 0 saturated carbocycles. The van der Waals surface area contributed by atoms with Crippen LogP contribution in [0.1, 0.15) is 42.6 Å². The van der Waals surface area contributed by atoms with Gasteiger partial charge in [-0.1, -0.05) is 25.7 Å². The first-order valence-corrected chi connectivity index (χ1v) is 10.7. The van der Waals surface area contributed by atoms with E-state index < -0.39 is 35.9 Å². The number of hydrogen-bond acceptors (Lipinski definition) is 9. The number of aromatic carboxylic acids is 1. The summed E-state index contributed by atoms with van der Waals surface area (Å²) >= 11 is 0. The Morgan fingerprint density at radius 2 is 1.97 bits per heavy atom. The van der Waals surface area contributed by atoms with Gasteiger partial charge in [-0.25, -0.2) is 9.59 Å². The Morgan fingerprint density at radius 1 is 1.33 bits per heavy atom. The summed E-state index contributed by atoms with van der Waals surface area (Å²) in [6.07, 6.45) is -0.361. The first kappa shape index (κ1) is 24.9. The standard InChI is InChI=1S/C20H30BN4O8/c1-10-11(2)21(30,31)33-17-13(10)4-5-14(16(17)18(27)28)32-12-7-25(8-12)9-20(3,23)19(29)24-6-15(22)26/h4-5,10-12,30-31H,6-9,23H2,1-3H3,(H2,22,26)(H,24,29)(H,27,28)/q-1/p+1/t10-,11+,20?/m0/s1. The number of carbonyl (C=O) groups is 3. The summed E-state index contributed by atoms with van der Waals surface area (Å²) in [6.45, 7) is 2.53. The summed E-state index contributed by atoms with van der Waals surface area (Å²) in [6, 6.07) is 3.22. The van der Waals surface area contributed by atoms with Gasteiger partial charge in [0.1, 0.15) is 29.5 Å². The lowest BCUT2D eigenvalue weighted by Crippen LogP contribution is -2.66. The van der Waals surface area contributed by atoms with Gasteiger partial charge in [-0.2, -0.15) is 0 Å². The molecule has 0 bridgehead atoms. The quantitative estimate of drug-likeness (QED) is 0.230. The van der Waals surface area contributed by atoms with Gasteiger partial charge in [0, 0.05) is 19.6 Å². The van der Waals surface area contributed by atoms with Crippen molar-refractivity contribution in [2.24, 2.45) is 5.73 Å². The predicted molar refractivity (Wildman–Crippen MR) is 116 cm³/mol. The third-order valence-corrected chi connectivity index (χ3v) is 6.35. The molecule has 1 unspecified atom stereocenters. The van der Waals surface area contributed by atoms with E-state index in [-0.39, 0.29) is 42.2 Å². The smallest absolute Gasteiger partial charge is 0.433 e. The average molecular weight is 466 g/mol. The van der Waals surface area contributed by atoms with Crippen LogP contribution in [0.3, 0.4) is 0 Å². The lowest BCUT2D eigenvalue weighted by Gasteiger charge is -2.46. The van der Waals surface area contributed by atoms with Crippen LogP contribution in [-0.4, -0.2) is 82.4 Å². The molecule has 9 N–H and O–H groups in total. The molecule has 13 heteroatoms. The fourth-order valence-electron chi connectivity index (χ4n) is 4.13. The third-order valence-electron chi connectivity index (χ3n) is 6.35.